The molecule has 0 spiro atoms. The van der Waals surface area contributed by atoms with Crippen molar-refractivity contribution in [1.29, 1.82) is 0 Å². The number of rotatable bonds is 4. The number of pyridine rings is 1. The summed E-state index contributed by atoms with van der Waals surface area (Å²) in [5.74, 6) is 1.29. The smallest absolute Gasteiger partial charge is 0.136 e. The lowest BCUT2D eigenvalue weighted by molar-refractivity contribution is 0.0679. The zero-order valence-corrected chi connectivity index (χ0v) is 11.9. The Morgan fingerprint density at radius 2 is 2.06 bits per heavy atom. The summed E-state index contributed by atoms with van der Waals surface area (Å²) in [6.45, 7) is 3.54. The van der Waals surface area contributed by atoms with Crippen molar-refractivity contribution in [3.05, 3.63) is 40.2 Å². The van der Waals surface area contributed by atoms with E-state index in [9.17, 15) is 0 Å². The topological polar surface area (TPSA) is 22.1 Å². The number of allylic oxidation sites excluding steroid dienone is 2. The van der Waals surface area contributed by atoms with Crippen molar-refractivity contribution in [2.45, 2.75) is 26.4 Å². The molecule has 1 aliphatic carbocycles. The number of aromatic nitrogens is 1. The standard InChI is InChI=1S/C14H17Cl2NO/c1-10-4-2-3-5-11(10)8-18-9-12-6-7-13(15)17-14(12)16/h2-3,6-7,10-11H,4-5,8-9H2,1H3. The average molecular weight is 286 g/mol. The van der Waals surface area contributed by atoms with Crippen LogP contribution in [0.2, 0.25) is 10.3 Å². The maximum atomic E-state index is 5.99. The summed E-state index contributed by atoms with van der Waals surface area (Å²) < 4.78 is 5.75. The average Bonchev–Trinajstić information content (AvgIpc) is 2.34. The van der Waals surface area contributed by atoms with Crippen LogP contribution in [0.3, 0.4) is 0 Å². The molecular formula is C14H17Cl2NO. The Morgan fingerprint density at radius 3 is 2.78 bits per heavy atom. The Bertz CT molecular complexity index is 434. The van der Waals surface area contributed by atoms with E-state index in [2.05, 4.69) is 24.1 Å². The van der Waals surface area contributed by atoms with Crippen molar-refractivity contribution in [2.24, 2.45) is 11.8 Å². The van der Waals surface area contributed by atoms with E-state index in [1.165, 1.54) is 0 Å². The molecule has 0 fully saturated rings. The highest BCUT2D eigenvalue weighted by Crippen LogP contribution is 2.25. The number of ether oxygens (including phenoxy) is 1. The minimum Gasteiger partial charge on any atom is -0.376 e. The molecule has 2 unspecified atom stereocenters. The van der Waals surface area contributed by atoms with Crippen LogP contribution in [0.1, 0.15) is 25.3 Å². The fourth-order valence-corrected chi connectivity index (χ4v) is 2.51. The van der Waals surface area contributed by atoms with Gasteiger partial charge in [-0.15, -0.1) is 0 Å². The molecule has 0 radical (unpaired) electrons. The Balaban J connectivity index is 1.83. The van der Waals surface area contributed by atoms with E-state index < -0.39 is 0 Å². The van der Waals surface area contributed by atoms with Gasteiger partial charge in [0.2, 0.25) is 0 Å². The first-order valence-electron chi connectivity index (χ1n) is 6.20. The van der Waals surface area contributed by atoms with Gasteiger partial charge in [0.1, 0.15) is 10.3 Å². The van der Waals surface area contributed by atoms with Gasteiger partial charge in [-0.25, -0.2) is 4.98 Å². The van der Waals surface area contributed by atoms with Crippen LogP contribution in [0, 0.1) is 11.8 Å². The van der Waals surface area contributed by atoms with Crippen LogP contribution in [0.15, 0.2) is 24.3 Å². The molecule has 2 rings (SSSR count). The van der Waals surface area contributed by atoms with Crippen molar-refractivity contribution in [2.75, 3.05) is 6.61 Å². The van der Waals surface area contributed by atoms with Gasteiger partial charge in [0, 0.05) is 5.56 Å². The highest BCUT2D eigenvalue weighted by molar-refractivity contribution is 6.32. The molecule has 2 nitrogen and oxygen atoms in total. The molecule has 98 valence electrons. The predicted molar refractivity (Wildman–Crippen MR) is 74.9 cm³/mol. The zero-order valence-electron chi connectivity index (χ0n) is 10.4. The lowest BCUT2D eigenvalue weighted by Gasteiger charge is -2.24. The second-order valence-electron chi connectivity index (χ2n) is 4.78. The number of hydrogen-bond acceptors (Lipinski definition) is 2. The number of nitrogens with zero attached hydrogens (tertiary/aromatic N) is 1. The third-order valence-corrected chi connectivity index (χ3v) is 3.94. The van der Waals surface area contributed by atoms with Crippen molar-refractivity contribution < 1.29 is 4.74 Å². The fourth-order valence-electron chi connectivity index (χ4n) is 2.11. The summed E-state index contributed by atoms with van der Waals surface area (Å²) in [7, 11) is 0. The van der Waals surface area contributed by atoms with E-state index >= 15 is 0 Å². The molecule has 0 saturated heterocycles. The lowest BCUT2D eigenvalue weighted by atomic mass is 9.85. The van der Waals surface area contributed by atoms with Gasteiger partial charge < -0.3 is 4.74 Å². The minimum atomic E-state index is 0.412. The van der Waals surface area contributed by atoms with Crippen LogP contribution < -0.4 is 0 Å². The van der Waals surface area contributed by atoms with Gasteiger partial charge in [-0.1, -0.05) is 48.3 Å². The van der Waals surface area contributed by atoms with E-state index in [0.717, 1.165) is 25.0 Å². The number of hydrogen-bond donors (Lipinski definition) is 0. The molecule has 0 N–H and O–H groups in total. The molecule has 0 aliphatic heterocycles. The van der Waals surface area contributed by atoms with Gasteiger partial charge in [-0.2, -0.15) is 0 Å². The SMILES string of the molecule is CC1CC=CCC1COCc1ccc(Cl)nc1Cl. The van der Waals surface area contributed by atoms with Gasteiger partial charge in [-0.3, -0.25) is 0 Å². The summed E-state index contributed by atoms with van der Waals surface area (Å²) in [6.07, 6.45) is 6.75. The second kappa shape index (κ2) is 6.55. The van der Waals surface area contributed by atoms with Crippen LogP contribution in [0.5, 0.6) is 0 Å². The lowest BCUT2D eigenvalue weighted by Crippen LogP contribution is -2.19. The molecule has 18 heavy (non-hydrogen) atoms. The quantitative estimate of drug-likeness (QED) is 0.600. The fraction of sp³-hybridized carbons (Fsp3) is 0.500. The monoisotopic (exact) mass is 285 g/mol. The molecular weight excluding hydrogens is 269 g/mol. The van der Waals surface area contributed by atoms with Crippen LogP contribution in [-0.4, -0.2) is 11.6 Å². The van der Waals surface area contributed by atoms with E-state index in [1.807, 2.05) is 6.07 Å². The molecule has 1 aliphatic rings. The first-order valence-corrected chi connectivity index (χ1v) is 6.96. The molecule has 0 aromatic carbocycles. The summed E-state index contributed by atoms with van der Waals surface area (Å²) >= 11 is 11.7. The molecule has 2 atom stereocenters. The molecule has 4 heteroatoms. The highest BCUT2D eigenvalue weighted by Gasteiger charge is 2.18. The zero-order chi connectivity index (χ0) is 13.0. The largest absolute Gasteiger partial charge is 0.376 e. The summed E-state index contributed by atoms with van der Waals surface area (Å²) in [6, 6.07) is 3.60. The van der Waals surface area contributed by atoms with Crippen molar-refractivity contribution in [3.8, 4) is 0 Å². The van der Waals surface area contributed by atoms with Gasteiger partial charge >= 0.3 is 0 Å². The number of halogens is 2. The first kappa shape index (κ1) is 13.9. The van der Waals surface area contributed by atoms with Crippen LogP contribution in [0.4, 0.5) is 0 Å². The van der Waals surface area contributed by atoms with Gasteiger partial charge in [-0.05, 0) is 30.7 Å². The molecule has 1 heterocycles. The van der Waals surface area contributed by atoms with Crippen molar-refractivity contribution >= 4 is 23.2 Å². The van der Waals surface area contributed by atoms with Crippen molar-refractivity contribution in [3.63, 3.8) is 0 Å². The van der Waals surface area contributed by atoms with E-state index in [-0.39, 0.29) is 0 Å². The van der Waals surface area contributed by atoms with E-state index in [4.69, 9.17) is 27.9 Å². The molecule has 1 aromatic rings. The maximum Gasteiger partial charge on any atom is 0.136 e. The Morgan fingerprint density at radius 1 is 1.28 bits per heavy atom. The third kappa shape index (κ3) is 3.71. The van der Waals surface area contributed by atoms with E-state index in [0.29, 0.717) is 28.7 Å². The minimum absolute atomic E-state index is 0.412. The van der Waals surface area contributed by atoms with E-state index in [1.54, 1.807) is 6.07 Å². The van der Waals surface area contributed by atoms with Gasteiger partial charge in [0.15, 0.2) is 0 Å². The second-order valence-corrected chi connectivity index (χ2v) is 5.52. The Hall–Kier alpha value is -0.570. The maximum absolute atomic E-state index is 5.99. The van der Waals surface area contributed by atoms with Crippen LogP contribution in [-0.2, 0) is 11.3 Å². The van der Waals surface area contributed by atoms with Crippen molar-refractivity contribution in [1.82, 2.24) is 4.98 Å². The molecule has 0 amide bonds. The van der Waals surface area contributed by atoms with Crippen LogP contribution >= 0.6 is 23.2 Å². The first-order chi connectivity index (χ1) is 8.66. The van der Waals surface area contributed by atoms with Crippen LogP contribution in [0.25, 0.3) is 0 Å². The molecule has 0 bridgehead atoms. The Labute approximate surface area is 118 Å². The third-order valence-electron chi connectivity index (χ3n) is 3.40. The molecule has 0 saturated carbocycles. The molecule has 1 aromatic heterocycles. The summed E-state index contributed by atoms with van der Waals surface area (Å²) in [5.41, 5.74) is 0.889. The Kier molecular flexibility index (Phi) is 5.04. The summed E-state index contributed by atoms with van der Waals surface area (Å²) in [5, 5.41) is 0.842. The van der Waals surface area contributed by atoms with Gasteiger partial charge in [0.05, 0.1) is 13.2 Å². The highest BCUT2D eigenvalue weighted by atomic mass is 35.5. The predicted octanol–water partition coefficient (Wildman–Crippen LogP) is 4.51. The normalized spacial score (nSPS) is 23.3. The summed E-state index contributed by atoms with van der Waals surface area (Å²) in [4.78, 5) is 3.99. The van der Waals surface area contributed by atoms with Gasteiger partial charge in [0.25, 0.3) is 0 Å².